The normalized spacial score (nSPS) is 18.9. The van der Waals surface area contributed by atoms with Crippen molar-refractivity contribution in [3.8, 4) is 11.1 Å². The van der Waals surface area contributed by atoms with Crippen molar-refractivity contribution in [2.24, 2.45) is 0 Å². The van der Waals surface area contributed by atoms with Crippen molar-refractivity contribution in [1.29, 1.82) is 0 Å². The molecule has 4 nitrogen and oxygen atoms in total. The zero-order valence-electron chi connectivity index (χ0n) is 36.4. The molecular weight excluding hydrogens is 731 g/mol. The number of para-hydroxylation sites is 2. The molecule has 0 saturated heterocycles. The first-order valence-corrected chi connectivity index (χ1v) is 22.2. The molecule has 0 N–H and O–H groups in total. The van der Waals surface area contributed by atoms with Crippen LogP contribution in [-0.2, 0) is 21.7 Å². The monoisotopic (exact) mass is 782 g/mol. The second-order valence-corrected chi connectivity index (χ2v) is 21.4. The smallest absolute Gasteiger partial charge is 0.340 e. The molecule has 296 valence electrons. The number of rotatable bonds is 1. The van der Waals surface area contributed by atoms with E-state index in [-0.39, 0.29) is 28.5 Å². The van der Waals surface area contributed by atoms with Gasteiger partial charge in [-0.15, -0.1) is 0 Å². The van der Waals surface area contributed by atoms with Crippen molar-refractivity contribution in [1.82, 2.24) is 4.48 Å². The number of benzene rings is 6. The van der Waals surface area contributed by atoms with Gasteiger partial charge in [-0.3, -0.25) is 4.90 Å². The Bertz CT molecular complexity index is 3420. The van der Waals surface area contributed by atoms with Crippen molar-refractivity contribution in [2.75, 3.05) is 4.90 Å². The predicted octanol–water partition coefficient (Wildman–Crippen LogP) is 13.9. The number of fused-ring (bicyclic) bond motifs is 15. The van der Waals surface area contributed by atoms with Gasteiger partial charge in [0.2, 0.25) is 5.88 Å². The van der Waals surface area contributed by atoms with Gasteiger partial charge in [0.25, 0.3) is 0 Å². The topological polar surface area (TPSA) is 34.5 Å². The van der Waals surface area contributed by atoms with Gasteiger partial charge >= 0.3 is 6.85 Å². The van der Waals surface area contributed by atoms with Gasteiger partial charge in [-0.05, 0) is 129 Å². The number of aromatic nitrogens is 1. The van der Waals surface area contributed by atoms with E-state index in [9.17, 15) is 0 Å². The van der Waals surface area contributed by atoms with E-state index >= 15 is 0 Å². The van der Waals surface area contributed by atoms with E-state index in [1.165, 1.54) is 100 Å². The zero-order chi connectivity index (χ0) is 41.0. The molecule has 0 bridgehead atoms. The third kappa shape index (κ3) is 4.19. The van der Waals surface area contributed by atoms with Crippen LogP contribution in [0.3, 0.4) is 0 Å². The van der Waals surface area contributed by atoms with Gasteiger partial charge in [-0.2, -0.15) is 0 Å². The van der Waals surface area contributed by atoms with E-state index < -0.39 is 0 Å². The van der Waals surface area contributed by atoms with Crippen molar-refractivity contribution < 1.29 is 8.83 Å². The largest absolute Gasteiger partial charge is 0.441 e. The summed E-state index contributed by atoms with van der Waals surface area (Å²) < 4.78 is 17.2. The quantitative estimate of drug-likeness (QED) is 0.156. The lowest BCUT2D eigenvalue weighted by atomic mass is 9.45. The van der Waals surface area contributed by atoms with E-state index in [0.717, 1.165) is 47.4 Å². The Labute approximate surface area is 352 Å². The van der Waals surface area contributed by atoms with Gasteiger partial charge in [0.1, 0.15) is 11.2 Å². The van der Waals surface area contributed by atoms with Crippen LogP contribution in [0.15, 0.2) is 106 Å². The summed E-state index contributed by atoms with van der Waals surface area (Å²) in [4.78, 5) is 2.56. The van der Waals surface area contributed by atoms with E-state index in [4.69, 9.17) is 8.83 Å². The number of anilines is 3. The Balaban J connectivity index is 1.24. The van der Waals surface area contributed by atoms with Gasteiger partial charge in [0.15, 0.2) is 5.71 Å². The molecule has 0 saturated carbocycles. The van der Waals surface area contributed by atoms with Crippen LogP contribution in [0.5, 0.6) is 0 Å². The maximum Gasteiger partial charge on any atom is 0.340 e. The summed E-state index contributed by atoms with van der Waals surface area (Å²) in [6.45, 7) is 21.7. The maximum absolute atomic E-state index is 7.59. The average molecular weight is 783 g/mol. The number of hydrogen-bond donors (Lipinski definition) is 0. The third-order valence-electron chi connectivity index (χ3n) is 16.1. The first-order valence-electron chi connectivity index (χ1n) is 22.2. The molecule has 0 amide bonds. The average Bonchev–Trinajstić information content (AvgIpc) is 3.89. The molecule has 5 heterocycles. The van der Waals surface area contributed by atoms with Gasteiger partial charge in [-0.25, -0.2) is 0 Å². The fraction of sp³-hybridized carbons (Fsp3) is 0.309. The van der Waals surface area contributed by atoms with Crippen LogP contribution in [0.4, 0.5) is 17.3 Å². The second kappa shape index (κ2) is 11.0. The fourth-order valence-electron chi connectivity index (χ4n) is 12.7. The summed E-state index contributed by atoms with van der Waals surface area (Å²) in [6.07, 6.45) is 4.64. The van der Waals surface area contributed by atoms with Crippen LogP contribution in [-0.4, -0.2) is 11.3 Å². The van der Waals surface area contributed by atoms with Crippen LogP contribution in [0.1, 0.15) is 109 Å². The summed E-state index contributed by atoms with van der Waals surface area (Å²) in [5.41, 5.74) is 18.9. The molecule has 2 aliphatic heterocycles. The minimum absolute atomic E-state index is 0.0379. The summed E-state index contributed by atoms with van der Waals surface area (Å²) in [6, 6.07) is 36.8. The highest BCUT2D eigenvalue weighted by Crippen LogP contribution is 2.55. The Morgan fingerprint density at radius 3 is 2.00 bits per heavy atom. The minimum atomic E-state index is -0.186. The molecule has 13 rings (SSSR count). The van der Waals surface area contributed by atoms with Gasteiger partial charge in [-0.1, -0.05) is 122 Å². The van der Waals surface area contributed by atoms with Crippen molar-refractivity contribution in [2.45, 2.75) is 110 Å². The standard InChI is InChI=1S/C55H51BN2O2/c1-30-41(22-21-38-45(30)55(8,9)26-25-52(38,2)3)57-49-32-16-11-10-15-31(32)27-36-33-18-14-19-35-44-34-17-12-13-20-42(34)59-50(44)58(48(33)35)56(46(36)49)47-37-28-39-40(29-43(37)60-51(47)57)54(6,7)24-23-53(39,4)5/h10-22,27-29H,23-26H2,1-9H3. The van der Waals surface area contributed by atoms with Crippen molar-refractivity contribution >= 4 is 89.7 Å². The number of nitrogens with zero attached hydrogens (tertiary/aromatic N) is 2. The van der Waals surface area contributed by atoms with Crippen LogP contribution < -0.4 is 15.8 Å². The van der Waals surface area contributed by atoms with Gasteiger partial charge < -0.3 is 13.3 Å². The number of hydrogen-bond acceptors (Lipinski definition) is 3. The van der Waals surface area contributed by atoms with E-state index in [0.29, 0.717) is 0 Å². The molecule has 9 aromatic rings. The Hall–Kier alpha value is -5.68. The van der Waals surface area contributed by atoms with Crippen LogP contribution in [0.2, 0.25) is 0 Å². The molecule has 6 aromatic carbocycles. The summed E-state index contributed by atoms with van der Waals surface area (Å²) in [5.74, 6) is 0.921. The molecule has 2 aliphatic carbocycles. The lowest BCUT2D eigenvalue weighted by molar-refractivity contribution is 0.330. The zero-order valence-corrected chi connectivity index (χ0v) is 36.4. The molecule has 0 radical (unpaired) electrons. The highest BCUT2D eigenvalue weighted by Gasteiger charge is 2.49. The van der Waals surface area contributed by atoms with Gasteiger partial charge in [0, 0.05) is 38.1 Å². The van der Waals surface area contributed by atoms with E-state index in [2.05, 4.69) is 169 Å². The Kier molecular flexibility index (Phi) is 6.42. The van der Waals surface area contributed by atoms with Crippen LogP contribution in [0.25, 0.3) is 65.8 Å². The lowest BCUT2D eigenvalue weighted by Crippen LogP contribution is -2.56. The van der Waals surface area contributed by atoms with E-state index in [1.807, 2.05) is 0 Å². The highest BCUT2D eigenvalue weighted by molar-refractivity contribution is 6.92. The lowest BCUT2D eigenvalue weighted by Gasteiger charge is -2.44. The maximum atomic E-state index is 7.59. The molecule has 0 unspecified atom stereocenters. The first kappa shape index (κ1) is 35.1. The van der Waals surface area contributed by atoms with Crippen LogP contribution in [0, 0.1) is 6.92 Å². The van der Waals surface area contributed by atoms with Crippen LogP contribution >= 0.6 is 0 Å². The Morgan fingerprint density at radius 1 is 0.550 bits per heavy atom. The molecule has 0 spiro atoms. The fourth-order valence-corrected chi connectivity index (χ4v) is 12.7. The molecule has 60 heavy (non-hydrogen) atoms. The Morgan fingerprint density at radius 2 is 1.22 bits per heavy atom. The molecule has 4 aliphatic rings. The SMILES string of the molecule is Cc1c(N2c3oc4cc5c(cc4c3B3c4c(cc6ccccc6c42)-c2cccc4c6c7ccccc7oc6n3c24)C(C)(C)CCC5(C)C)ccc2c1C(C)(C)CCC2(C)C. The number of furan rings is 2. The predicted molar refractivity (Wildman–Crippen MR) is 252 cm³/mol. The van der Waals surface area contributed by atoms with Crippen molar-refractivity contribution in [3.05, 3.63) is 125 Å². The first-order chi connectivity index (χ1) is 28.7. The highest BCUT2D eigenvalue weighted by atomic mass is 16.4. The van der Waals surface area contributed by atoms with E-state index in [1.54, 1.807) is 0 Å². The molecule has 0 fully saturated rings. The molecule has 5 heteroatoms. The summed E-state index contributed by atoms with van der Waals surface area (Å²) >= 11 is 0. The third-order valence-corrected chi connectivity index (χ3v) is 16.1. The minimum Gasteiger partial charge on any atom is -0.441 e. The summed E-state index contributed by atoms with van der Waals surface area (Å²) in [5, 5.41) is 7.25. The second-order valence-electron chi connectivity index (χ2n) is 21.4. The molecular formula is C55H51BN2O2. The summed E-state index contributed by atoms with van der Waals surface area (Å²) in [7, 11) is 0. The molecule has 3 aromatic heterocycles. The molecule has 0 atom stereocenters. The van der Waals surface area contributed by atoms with Crippen molar-refractivity contribution in [3.63, 3.8) is 0 Å². The van der Waals surface area contributed by atoms with Gasteiger partial charge in [0.05, 0.1) is 16.8 Å².